The topological polar surface area (TPSA) is 212 Å². The Morgan fingerprint density at radius 2 is 0.693 bits per heavy atom. The molecule has 23 heteroatoms. The molecular formula is C65H116N18O5. The molecule has 0 radical (unpaired) electrons. The highest BCUT2D eigenvalue weighted by molar-refractivity contribution is 5.78. The molecule has 0 aliphatic rings. The van der Waals surface area contributed by atoms with E-state index in [0.29, 0.717) is 77.5 Å². The molecule has 0 aliphatic heterocycles. The van der Waals surface area contributed by atoms with E-state index in [0.717, 1.165) is 61.1 Å². The van der Waals surface area contributed by atoms with Gasteiger partial charge in [0.25, 0.3) is 0 Å². The number of amides is 2. The van der Waals surface area contributed by atoms with E-state index in [9.17, 15) is 24.0 Å². The normalized spacial score (nSPS) is 11.2. The summed E-state index contributed by atoms with van der Waals surface area (Å²) in [7, 11) is 4.00. The lowest BCUT2D eigenvalue weighted by Crippen LogP contribution is -2.42. The lowest BCUT2D eigenvalue weighted by Gasteiger charge is -2.35. The van der Waals surface area contributed by atoms with Crippen molar-refractivity contribution in [1.29, 1.82) is 0 Å². The summed E-state index contributed by atoms with van der Waals surface area (Å²) < 4.78 is 11.9. The Kier molecular flexibility index (Phi) is 37.4. The van der Waals surface area contributed by atoms with Crippen LogP contribution in [0.5, 0.6) is 0 Å². The molecule has 88 heavy (non-hydrogen) atoms. The van der Waals surface area contributed by atoms with Gasteiger partial charge in [-0.1, -0.05) is 22.3 Å². The molecule has 6 aromatic rings. The van der Waals surface area contributed by atoms with Crippen molar-refractivity contribution in [3.8, 4) is 0 Å². The third-order valence-electron chi connectivity index (χ3n) is 14.7. The number of carbonyl (C=O) groups excluding carboxylic acids is 5. The van der Waals surface area contributed by atoms with E-state index in [1.165, 1.54) is 0 Å². The van der Waals surface area contributed by atoms with Gasteiger partial charge in [-0.05, 0) is 118 Å². The van der Waals surface area contributed by atoms with E-state index >= 15 is 0 Å². The van der Waals surface area contributed by atoms with Gasteiger partial charge in [-0.2, -0.15) is 0 Å². The van der Waals surface area contributed by atoms with E-state index in [1.54, 1.807) is 51.8 Å². The number of hydrogen-bond donors (Lipinski definition) is 0. The summed E-state index contributed by atoms with van der Waals surface area (Å²) in [6.45, 7) is 43.7. The first-order valence-corrected chi connectivity index (χ1v) is 30.1. The molecule has 6 rings (SSSR count). The van der Waals surface area contributed by atoms with Gasteiger partial charge in [0.15, 0.2) is 0 Å². The predicted octanol–water partition coefficient (Wildman–Crippen LogP) is 9.06. The van der Waals surface area contributed by atoms with Gasteiger partial charge in [-0.15, -0.1) is 0 Å². The second kappa shape index (κ2) is 40.6. The Bertz CT molecular complexity index is 2840. The number of hydrogen-bond acceptors (Lipinski definition) is 15. The highest BCUT2D eigenvalue weighted by Gasteiger charge is 2.27. The predicted molar refractivity (Wildman–Crippen MR) is 354 cm³/mol. The molecule has 0 spiro atoms. The van der Waals surface area contributed by atoms with Crippen molar-refractivity contribution in [2.24, 2.45) is 14.1 Å². The van der Waals surface area contributed by atoms with Crippen LogP contribution in [0.3, 0.4) is 0 Å². The van der Waals surface area contributed by atoms with Crippen molar-refractivity contribution in [1.82, 2.24) is 86.7 Å². The molecule has 0 N–H and O–H groups in total. The van der Waals surface area contributed by atoms with Crippen LogP contribution in [0.4, 0.5) is 0 Å². The van der Waals surface area contributed by atoms with Crippen molar-refractivity contribution < 1.29 is 24.0 Å². The third kappa shape index (κ3) is 27.2. The SMILES string of the molecule is C.C.C.CC(=O)CN(Cc1nccn1C)C(C)C.CC(=O)CN(Cc1nccn1CC(C)=O)C(C)C.CCN(CC)C(=O)Cn1ccnc1CN(Cc1nccn1CC(=O)N(CC)CC)C(C)(C)C.CCn1ccnc1CN(Cc1nccn1C)C(C)C. The maximum atomic E-state index is 12.6. The van der Waals surface area contributed by atoms with Crippen molar-refractivity contribution in [2.45, 2.75) is 229 Å². The summed E-state index contributed by atoms with van der Waals surface area (Å²) in [6, 6.07) is 1.07. The Morgan fingerprint density at radius 3 is 0.989 bits per heavy atom. The molecule has 2 amide bonds. The molecular weight excluding hydrogens is 1110 g/mol. The molecule has 23 nitrogen and oxygen atoms in total. The molecule has 0 saturated heterocycles. The number of Topliss-reactive ketones (excluding diaryl/α,β-unsaturated/α-hetero) is 3. The van der Waals surface area contributed by atoms with Crippen molar-refractivity contribution in [2.75, 3.05) is 39.3 Å². The fourth-order valence-electron chi connectivity index (χ4n) is 9.10. The standard InChI is InChI=1S/C24H41N7O2.C14H23N5.C13H21N3O2.C11H19N3O.3CH4/c1-8-27(9-2)22(32)18-29-14-12-25-20(29)16-31(24(5,6)7)17-21-26-13-15-30(21)19-23(33)28(10-3)11-4;1-5-18-9-7-16-14(18)11-19(12(2)3)10-13-15-6-8-17(13)4;1-10(2)16(8-12(4)18)9-13-14-5-6-15(13)7-11(3)17;1-9(2)14(7-10(3)15)8-11-12-5-6-13(11)4;;;/h12-15H,8-11,16-19H2,1-7H3;6-9,12H,5,10-11H2,1-4H3;5-6,10H,7-9H2,1-4H3;5-6,9H,7-8H2,1-4H3;3*1H4. The second-order valence-electron chi connectivity index (χ2n) is 23.2. The quantitative estimate of drug-likeness (QED) is 0.0412. The average molecular weight is 1230 g/mol. The van der Waals surface area contributed by atoms with Crippen LogP contribution in [0.15, 0.2) is 74.4 Å². The maximum Gasteiger partial charge on any atom is 0.242 e. The first kappa shape index (κ1) is 81.0. The van der Waals surface area contributed by atoms with Gasteiger partial charge in [0, 0.05) is 145 Å². The fourth-order valence-corrected chi connectivity index (χ4v) is 9.10. The van der Waals surface area contributed by atoms with Crippen LogP contribution >= 0.6 is 0 Å². The Labute approximate surface area is 529 Å². The molecule has 0 fully saturated rings. The monoisotopic (exact) mass is 1230 g/mol. The van der Waals surface area contributed by atoms with E-state index < -0.39 is 0 Å². The van der Waals surface area contributed by atoms with Crippen LogP contribution < -0.4 is 0 Å². The first-order valence-electron chi connectivity index (χ1n) is 30.1. The van der Waals surface area contributed by atoms with Crippen LogP contribution in [-0.2, 0) is 104 Å². The summed E-state index contributed by atoms with van der Waals surface area (Å²) in [6.07, 6.45) is 22.1. The van der Waals surface area contributed by atoms with Gasteiger partial charge in [-0.25, -0.2) is 29.9 Å². The second-order valence-corrected chi connectivity index (χ2v) is 23.2. The van der Waals surface area contributed by atoms with Crippen LogP contribution in [0.25, 0.3) is 0 Å². The van der Waals surface area contributed by atoms with Gasteiger partial charge in [-0.3, -0.25) is 43.6 Å². The van der Waals surface area contributed by atoms with Crippen LogP contribution in [-0.4, -0.2) is 179 Å². The summed E-state index contributed by atoms with van der Waals surface area (Å²) in [5, 5.41) is 0. The molecule has 496 valence electrons. The zero-order chi connectivity index (χ0) is 63.6. The van der Waals surface area contributed by atoms with E-state index in [-0.39, 0.29) is 76.1 Å². The number of aryl methyl sites for hydroxylation is 3. The van der Waals surface area contributed by atoms with E-state index in [4.69, 9.17) is 0 Å². The molecule has 0 bridgehead atoms. The highest BCUT2D eigenvalue weighted by Crippen LogP contribution is 2.21. The third-order valence-corrected chi connectivity index (χ3v) is 14.7. The number of rotatable bonds is 30. The summed E-state index contributed by atoms with van der Waals surface area (Å²) in [5.41, 5.74) is -0.167. The van der Waals surface area contributed by atoms with Crippen molar-refractivity contribution >= 4 is 29.2 Å². The summed E-state index contributed by atoms with van der Waals surface area (Å²) in [4.78, 5) is 97.7. The highest BCUT2D eigenvalue weighted by atomic mass is 16.2. The van der Waals surface area contributed by atoms with Crippen LogP contribution in [0.2, 0.25) is 0 Å². The minimum absolute atomic E-state index is 0. The summed E-state index contributed by atoms with van der Waals surface area (Å²) in [5.74, 6) is 6.28. The zero-order valence-electron chi connectivity index (χ0n) is 55.1. The van der Waals surface area contributed by atoms with E-state index in [1.807, 2.05) is 132 Å². The van der Waals surface area contributed by atoms with Gasteiger partial charge < -0.3 is 37.2 Å². The molecule has 0 unspecified atom stereocenters. The largest absolute Gasteiger partial charge is 0.342 e. The van der Waals surface area contributed by atoms with Crippen LogP contribution in [0.1, 0.15) is 175 Å². The maximum absolute atomic E-state index is 12.6. The average Bonchev–Trinajstić information content (AvgIpc) is 3.73. The number of likely N-dealkylation sites (N-methyl/N-ethyl adjacent to an activating group) is 2. The van der Waals surface area contributed by atoms with Crippen molar-refractivity contribution in [3.05, 3.63) is 109 Å². The number of aromatic nitrogens is 12. The lowest BCUT2D eigenvalue weighted by atomic mass is 10.1. The number of ketones is 3. The van der Waals surface area contributed by atoms with E-state index in [2.05, 4.69) is 109 Å². The Balaban J connectivity index is 0.00000119. The Morgan fingerprint density at radius 1 is 0.409 bits per heavy atom. The molecule has 0 atom stereocenters. The van der Waals surface area contributed by atoms with Gasteiger partial charge in [0.1, 0.15) is 65.4 Å². The number of imidazole rings is 6. The molecule has 0 aliphatic carbocycles. The zero-order valence-corrected chi connectivity index (χ0v) is 55.1. The van der Waals surface area contributed by atoms with Gasteiger partial charge >= 0.3 is 0 Å². The molecule has 0 saturated carbocycles. The van der Waals surface area contributed by atoms with Crippen LogP contribution in [0, 0.1) is 0 Å². The Hall–Kier alpha value is -6.95. The summed E-state index contributed by atoms with van der Waals surface area (Å²) >= 11 is 0. The van der Waals surface area contributed by atoms with Gasteiger partial charge in [0.05, 0.1) is 58.9 Å². The van der Waals surface area contributed by atoms with Crippen molar-refractivity contribution in [3.63, 3.8) is 0 Å². The molecule has 6 aromatic heterocycles. The molecule has 0 aromatic carbocycles. The fraction of sp³-hybridized carbons (Fsp3) is 0.646. The minimum Gasteiger partial charge on any atom is -0.342 e. The minimum atomic E-state index is -0.167. The number of carbonyl (C=O) groups is 5. The lowest BCUT2D eigenvalue weighted by molar-refractivity contribution is -0.132. The molecule has 6 heterocycles. The first-order chi connectivity index (χ1) is 40.2. The number of nitrogens with zero attached hydrogens (tertiary/aromatic N) is 18. The van der Waals surface area contributed by atoms with Gasteiger partial charge in [0.2, 0.25) is 11.8 Å². The smallest absolute Gasteiger partial charge is 0.242 e.